The summed E-state index contributed by atoms with van der Waals surface area (Å²) in [6.07, 6.45) is 1.17. The van der Waals surface area contributed by atoms with E-state index in [1.165, 1.54) is 6.42 Å². The van der Waals surface area contributed by atoms with Gasteiger partial charge in [-0.2, -0.15) is 10.2 Å². The number of benzene rings is 1. The van der Waals surface area contributed by atoms with Crippen LogP contribution in [0.15, 0.2) is 45.2 Å². The first-order chi connectivity index (χ1) is 14.0. The van der Waals surface area contributed by atoms with Crippen LogP contribution in [0, 0.1) is 23.2 Å². The van der Waals surface area contributed by atoms with Crippen LogP contribution >= 0.6 is 11.6 Å². The normalized spacial score (nSPS) is 19.2. The minimum Gasteiger partial charge on any atom is -0.484 e. The molecular formula is C22H22ClN3O3. The van der Waals surface area contributed by atoms with Gasteiger partial charge in [-0.25, -0.2) is 0 Å². The number of piperidine rings is 1. The third-order valence-electron chi connectivity index (χ3n) is 4.95. The van der Waals surface area contributed by atoms with E-state index in [0.29, 0.717) is 45.9 Å². The van der Waals surface area contributed by atoms with E-state index in [9.17, 15) is 5.26 Å². The van der Waals surface area contributed by atoms with Crippen molar-refractivity contribution in [2.24, 2.45) is 11.8 Å². The van der Waals surface area contributed by atoms with Gasteiger partial charge in [0, 0.05) is 13.1 Å². The standard InChI is InChI=1S/C22H22ClN3O3/c1-14-9-15(2)12-26(11-14)22-18(10-24)25-21(29-22)20-8-7-16(28-20)13-27-19-6-4-3-5-17(19)23/h3-8,14-15H,9,11-13H2,1-2H3/t14-,15-/m0/s1. The first-order valence-electron chi connectivity index (χ1n) is 9.65. The maximum Gasteiger partial charge on any atom is 0.266 e. The molecule has 3 heterocycles. The summed E-state index contributed by atoms with van der Waals surface area (Å²) in [5.74, 6) is 3.55. The first-order valence-corrected chi connectivity index (χ1v) is 10.0. The molecule has 1 saturated heterocycles. The van der Waals surface area contributed by atoms with E-state index in [-0.39, 0.29) is 12.3 Å². The molecule has 6 nitrogen and oxygen atoms in total. The van der Waals surface area contributed by atoms with Gasteiger partial charge in [-0.1, -0.05) is 37.6 Å². The molecule has 7 heteroatoms. The van der Waals surface area contributed by atoms with E-state index >= 15 is 0 Å². The predicted molar refractivity (Wildman–Crippen MR) is 110 cm³/mol. The molecule has 1 aliphatic rings. The Hall–Kier alpha value is -2.91. The number of ether oxygens (including phenoxy) is 1. The highest BCUT2D eigenvalue weighted by molar-refractivity contribution is 6.32. The predicted octanol–water partition coefficient (Wildman–Crippen LogP) is 5.52. The number of hydrogen-bond donors (Lipinski definition) is 0. The zero-order valence-corrected chi connectivity index (χ0v) is 17.1. The van der Waals surface area contributed by atoms with Gasteiger partial charge in [0.05, 0.1) is 5.02 Å². The maximum atomic E-state index is 9.52. The van der Waals surface area contributed by atoms with Crippen LogP contribution in [0.5, 0.6) is 5.75 Å². The van der Waals surface area contributed by atoms with Crippen LogP contribution in [0.3, 0.4) is 0 Å². The Morgan fingerprint density at radius 1 is 1.17 bits per heavy atom. The fourth-order valence-corrected chi connectivity index (χ4v) is 4.00. The van der Waals surface area contributed by atoms with E-state index in [2.05, 4.69) is 29.8 Å². The molecule has 0 radical (unpaired) electrons. The summed E-state index contributed by atoms with van der Waals surface area (Å²) in [7, 11) is 0. The van der Waals surface area contributed by atoms with Gasteiger partial charge in [0.25, 0.3) is 5.89 Å². The number of oxazole rings is 1. The lowest BCUT2D eigenvalue weighted by Gasteiger charge is -2.34. The summed E-state index contributed by atoms with van der Waals surface area (Å²) in [4.78, 5) is 6.45. The zero-order valence-electron chi connectivity index (χ0n) is 16.4. The minimum atomic E-state index is 0.226. The lowest BCUT2D eigenvalue weighted by Crippen LogP contribution is -2.38. The monoisotopic (exact) mass is 411 g/mol. The van der Waals surface area contributed by atoms with Gasteiger partial charge < -0.3 is 18.5 Å². The summed E-state index contributed by atoms with van der Waals surface area (Å²) in [6.45, 7) is 6.35. The molecule has 0 bridgehead atoms. The highest BCUT2D eigenvalue weighted by atomic mass is 35.5. The molecule has 0 unspecified atom stereocenters. The topological polar surface area (TPSA) is 75.4 Å². The lowest BCUT2D eigenvalue weighted by molar-refractivity contribution is 0.271. The van der Waals surface area contributed by atoms with Crippen molar-refractivity contribution in [1.82, 2.24) is 4.98 Å². The van der Waals surface area contributed by atoms with Crippen LogP contribution < -0.4 is 9.64 Å². The van der Waals surface area contributed by atoms with Gasteiger partial charge in [0.1, 0.15) is 24.2 Å². The first kappa shape index (κ1) is 19.4. The van der Waals surface area contributed by atoms with Crippen LogP contribution in [0.4, 0.5) is 5.88 Å². The average Bonchev–Trinajstić information content (AvgIpc) is 3.33. The summed E-state index contributed by atoms with van der Waals surface area (Å²) in [5.41, 5.74) is 0.284. The Kier molecular flexibility index (Phi) is 5.50. The van der Waals surface area contributed by atoms with Gasteiger partial charge in [-0.3, -0.25) is 0 Å². The molecule has 0 N–H and O–H groups in total. The number of furan rings is 1. The second kappa shape index (κ2) is 8.22. The van der Waals surface area contributed by atoms with E-state index < -0.39 is 0 Å². The summed E-state index contributed by atoms with van der Waals surface area (Å²) in [6, 6.07) is 13.0. The number of aromatic nitrogens is 1. The Morgan fingerprint density at radius 2 is 1.93 bits per heavy atom. The maximum absolute atomic E-state index is 9.52. The van der Waals surface area contributed by atoms with Crippen LogP contribution in [-0.4, -0.2) is 18.1 Å². The molecule has 1 aromatic carbocycles. The molecule has 2 atom stereocenters. The summed E-state index contributed by atoms with van der Waals surface area (Å²) < 4.78 is 17.5. The molecule has 4 rings (SSSR count). The fourth-order valence-electron chi connectivity index (χ4n) is 3.81. The Bertz CT molecular complexity index is 1030. The zero-order chi connectivity index (χ0) is 20.4. The third kappa shape index (κ3) is 4.25. The molecule has 1 aliphatic heterocycles. The van der Waals surface area contributed by atoms with E-state index in [1.807, 2.05) is 12.1 Å². The number of para-hydroxylation sites is 1. The molecule has 0 saturated carbocycles. The Morgan fingerprint density at radius 3 is 2.66 bits per heavy atom. The Labute approximate surface area is 174 Å². The minimum absolute atomic E-state index is 0.226. The highest BCUT2D eigenvalue weighted by Crippen LogP contribution is 2.33. The van der Waals surface area contributed by atoms with Crippen molar-refractivity contribution in [3.05, 3.63) is 52.9 Å². The summed E-state index contributed by atoms with van der Waals surface area (Å²) in [5, 5.41) is 10.1. The third-order valence-corrected chi connectivity index (χ3v) is 5.26. The van der Waals surface area contributed by atoms with Gasteiger partial charge in [-0.05, 0) is 42.5 Å². The molecule has 2 aromatic heterocycles. The van der Waals surface area contributed by atoms with Crippen LogP contribution in [-0.2, 0) is 6.61 Å². The van der Waals surface area contributed by atoms with Gasteiger partial charge in [0.2, 0.25) is 11.6 Å². The van der Waals surface area contributed by atoms with Crippen molar-refractivity contribution in [1.29, 1.82) is 5.26 Å². The molecule has 0 spiro atoms. The number of hydrogen-bond acceptors (Lipinski definition) is 6. The molecular weight excluding hydrogens is 390 g/mol. The van der Waals surface area contributed by atoms with Crippen LogP contribution in [0.1, 0.15) is 31.7 Å². The quantitative estimate of drug-likeness (QED) is 0.550. The molecule has 0 aliphatic carbocycles. The molecule has 3 aromatic rings. The van der Waals surface area contributed by atoms with Crippen molar-refractivity contribution in [3.8, 4) is 23.5 Å². The number of rotatable bonds is 5. The van der Waals surface area contributed by atoms with Gasteiger partial charge >= 0.3 is 0 Å². The molecule has 0 amide bonds. The lowest BCUT2D eigenvalue weighted by atomic mass is 9.92. The van der Waals surface area contributed by atoms with E-state index in [0.717, 1.165) is 13.1 Å². The van der Waals surface area contributed by atoms with Gasteiger partial charge in [-0.15, -0.1) is 0 Å². The smallest absolute Gasteiger partial charge is 0.266 e. The van der Waals surface area contributed by atoms with Crippen LogP contribution in [0.2, 0.25) is 5.02 Å². The highest BCUT2D eigenvalue weighted by Gasteiger charge is 2.28. The fraction of sp³-hybridized carbons (Fsp3) is 0.364. The molecule has 1 fully saturated rings. The van der Waals surface area contributed by atoms with Crippen molar-refractivity contribution < 1.29 is 13.6 Å². The second-order valence-corrected chi connectivity index (χ2v) is 8.03. The van der Waals surface area contributed by atoms with E-state index in [1.54, 1.807) is 24.3 Å². The number of halogens is 1. The molecule has 150 valence electrons. The second-order valence-electron chi connectivity index (χ2n) is 7.62. The van der Waals surface area contributed by atoms with Crippen LogP contribution in [0.25, 0.3) is 11.7 Å². The summed E-state index contributed by atoms with van der Waals surface area (Å²) >= 11 is 6.11. The van der Waals surface area contributed by atoms with E-state index in [4.69, 9.17) is 25.2 Å². The molecule has 29 heavy (non-hydrogen) atoms. The number of nitriles is 1. The van der Waals surface area contributed by atoms with Crippen molar-refractivity contribution in [2.75, 3.05) is 18.0 Å². The largest absolute Gasteiger partial charge is 0.484 e. The Balaban J connectivity index is 1.51. The average molecular weight is 412 g/mol. The van der Waals surface area contributed by atoms with Crippen molar-refractivity contribution in [2.45, 2.75) is 26.9 Å². The number of anilines is 1. The van der Waals surface area contributed by atoms with Crippen molar-refractivity contribution in [3.63, 3.8) is 0 Å². The SMILES string of the molecule is C[C@H]1C[C@H](C)CN(c2oc(-c3ccc(COc4ccccc4Cl)o3)nc2C#N)C1. The number of nitrogens with zero attached hydrogens (tertiary/aromatic N) is 3. The van der Waals surface area contributed by atoms with Gasteiger partial charge in [0.15, 0.2) is 5.76 Å². The van der Waals surface area contributed by atoms with Crippen molar-refractivity contribution >= 4 is 17.5 Å².